The highest BCUT2D eigenvalue weighted by Crippen LogP contribution is 2.32. The Morgan fingerprint density at radius 2 is 2.09 bits per heavy atom. The minimum Gasteiger partial charge on any atom is -0.481 e. The summed E-state index contributed by atoms with van der Waals surface area (Å²) in [7, 11) is 0. The summed E-state index contributed by atoms with van der Waals surface area (Å²) in [5.74, 6) is -1.09. The van der Waals surface area contributed by atoms with Crippen LogP contribution < -0.4 is 0 Å². The van der Waals surface area contributed by atoms with Crippen LogP contribution in [-0.2, 0) is 9.59 Å². The maximum Gasteiger partial charge on any atom is 0.303 e. The summed E-state index contributed by atoms with van der Waals surface area (Å²) >= 11 is 6.37. The second kappa shape index (κ2) is 7.20. The lowest BCUT2D eigenvalue weighted by Crippen LogP contribution is -2.29. The molecule has 0 radical (unpaired) electrons. The number of hydrogen-bond acceptors (Lipinski definition) is 5. The van der Waals surface area contributed by atoms with E-state index < -0.39 is 5.97 Å². The van der Waals surface area contributed by atoms with Crippen molar-refractivity contribution in [2.75, 3.05) is 6.54 Å². The summed E-state index contributed by atoms with van der Waals surface area (Å²) < 4.78 is 0.440. The van der Waals surface area contributed by atoms with Crippen LogP contribution in [-0.4, -0.2) is 32.7 Å². The van der Waals surface area contributed by atoms with Gasteiger partial charge in [0.2, 0.25) is 0 Å². The lowest BCUT2D eigenvalue weighted by Gasteiger charge is -2.13. The van der Waals surface area contributed by atoms with Gasteiger partial charge in [0.15, 0.2) is 0 Å². The van der Waals surface area contributed by atoms with Crippen LogP contribution in [0.1, 0.15) is 24.0 Å². The molecule has 0 spiro atoms. The van der Waals surface area contributed by atoms with Crippen LogP contribution in [0.2, 0.25) is 0 Å². The molecule has 1 amide bonds. The van der Waals surface area contributed by atoms with E-state index >= 15 is 0 Å². The van der Waals surface area contributed by atoms with Crippen molar-refractivity contribution in [2.45, 2.75) is 12.8 Å². The Balaban J connectivity index is 2.08. The molecule has 1 aliphatic heterocycles. The molecule has 5 nitrogen and oxygen atoms in total. The number of nitrogens with zero attached hydrogens (tertiary/aromatic N) is 2. The average molecular weight is 332 g/mol. The summed E-state index contributed by atoms with van der Waals surface area (Å²) in [5, 5.41) is 17.4. The van der Waals surface area contributed by atoms with Crippen LogP contribution in [0, 0.1) is 11.3 Å². The molecule has 0 bridgehead atoms. The molecule has 7 heteroatoms. The van der Waals surface area contributed by atoms with E-state index in [4.69, 9.17) is 22.6 Å². The monoisotopic (exact) mass is 332 g/mol. The standard InChI is InChI=1S/C15H12N2O3S2/c16-9-11-5-3-10(4-6-11)8-12-14(20)17(15(21)22-12)7-1-2-13(18)19/h3-6,8H,1-2,7H2,(H,18,19)/b12-8+. The number of hydrogen-bond donors (Lipinski definition) is 1. The molecule has 0 saturated carbocycles. The molecule has 1 heterocycles. The first-order valence-electron chi connectivity index (χ1n) is 6.48. The van der Waals surface area contributed by atoms with E-state index in [-0.39, 0.29) is 12.3 Å². The van der Waals surface area contributed by atoms with Crippen LogP contribution in [0.5, 0.6) is 0 Å². The number of amides is 1. The number of thioether (sulfide) groups is 1. The number of rotatable bonds is 5. The van der Waals surface area contributed by atoms with Gasteiger partial charge in [0, 0.05) is 13.0 Å². The molecule has 1 aromatic carbocycles. The number of thiocarbonyl (C=S) groups is 1. The van der Waals surface area contributed by atoms with E-state index in [2.05, 4.69) is 0 Å². The fourth-order valence-corrected chi connectivity index (χ4v) is 3.19. The zero-order valence-corrected chi connectivity index (χ0v) is 13.1. The Morgan fingerprint density at radius 3 is 2.68 bits per heavy atom. The molecule has 1 saturated heterocycles. The normalized spacial score (nSPS) is 16.1. The first-order chi connectivity index (χ1) is 10.5. The fourth-order valence-electron chi connectivity index (χ4n) is 1.89. The molecule has 0 atom stereocenters. The second-order valence-electron chi connectivity index (χ2n) is 4.56. The van der Waals surface area contributed by atoms with Crippen molar-refractivity contribution in [3.8, 4) is 6.07 Å². The minimum absolute atomic E-state index is 0.00568. The van der Waals surface area contributed by atoms with Crippen LogP contribution in [0.25, 0.3) is 6.08 Å². The quantitative estimate of drug-likeness (QED) is 0.659. The van der Waals surface area contributed by atoms with Gasteiger partial charge in [0.05, 0.1) is 16.5 Å². The van der Waals surface area contributed by atoms with E-state index in [9.17, 15) is 9.59 Å². The van der Waals surface area contributed by atoms with E-state index in [0.29, 0.717) is 27.8 Å². The number of carboxylic acid groups (broad SMARTS) is 1. The highest BCUT2D eigenvalue weighted by molar-refractivity contribution is 8.26. The maximum atomic E-state index is 12.3. The fraction of sp³-hybridized carbons (Fsp3) is 0.200. The summed E-state index contributed by atoms with van der Waals surface area (Å²) in [6.45, 7) is 0.307. The van der Waals surface area contributed by atoms with Crippen molar-refractivity contribution < 1.29 is 14.7 Å². The lowest BCUT2D eigenvalue weighted by molar-refractivity contribution is -0.137. The topological polar surface area (TPSA) is 81.4 Å². The number of carbonyl (C=O) groups is 2. The summed E-state index contributed by atoms with van der Waals surface area (Å²) in [4.78, 5) is 24.7. The minimum atomic E-state index is -0.890. The van der Waals surface area contributed by atoms with E-state index in [1.807, 2.05) is 6.07 Å². The van der Waals surface area contributed by atoms with Gasteiger partial charge in [-0.3, -0.25) is 14.5 Å². The number of carbonyl (C=O) groups excluding carboxylic acids is 1. The molecular formula is C15H12N2O3S2. The molecule has 1 aliphatic rings. The third kappa shape index (κ3) is 3.93. The van der Waals surface area contributed by atoms with Gasteiger partial charge in [-0.15, -0.1) is 0 Å². The average Bonchev–Trinajstić information content (AvgIpc) is 2.75. The molecule has 0 aliphatic carbocycles. The van der Waals surface area contributed by atoms with Gasteiger partial charge < -0.3 is 5.11 Å². The van der Waals surface area contributed by atoms with Crippen LogP contribution >= 0.6 is 24.0 Å². The Bertz CT molecular complexity index is 690. The van der Waals surface area contributed by atoms with Crippen molar-refractivity contribution in [2.24, 2.45) is 0 Å². The molecular weight excluding hydrogens is 320 g/mol. The maximum absolute atomic E-state index is 12.3. The number of nitriles is 1. The third-order valence-electron chi connectivity index (χ3n) is 2.98. The predicted octanol–water partition coefficient (Wildman–Crippen LogP) is 2.62. The highest BCUT2D eigenvalue weighted by atomic mass is 32.2. The Hall–Kier alpha value is -2.17. The summed E-state index contributed by atoms with van der Waals surface area (Å²) in [6.07, 6.45) is 2.09. The lowest BCUT2D eigenvalue weighted by atomic mass is 10.1. The molecule has 0 aromatic heterocycles. The molecule has 0 unspecified atom stereocenters. The van der Waals surface area contributed by atoms with Gasteiger partial charge in [0.1, 0.15) is 4.32 Å². The molecule has 1 fully saturated rings. The zero-order chi connectivity index (χ0) is 16.1. The number of benzene rings is 1. The highest BCUT2D eigenvalue weighted by Gasteiger charge is 2.31. The van der Waals surface area contributed by atoms with Gasteiger partial charge >= 0.3 is 5.97 Å². The Kier molecular flexibility index (Phi) is 5.31. The summed E-state index contributed by atoms with van der Waals surface area (Å²) in [5.41, 5.74) is 1.36. The van der Waals surface area contributed by atoms with Gasteiger partial charge in [0.25, 0.3) is 5.91 Å². The third-order valence-corrected chi connectivity index (χ3v) is 4.36. The number of carboxylic acids is 1. The van der Waals surface area contributed by atoms with E-state index in [1.165, 1.54) is 16.7 Å². The van der Waals surface area contributed by atoms with Crippen molar-refractivity contribution in [1.29, 1.82) is 5.26 Å². The van der Waals surface area contributed by atoms with Gasteiger partial charge in [-0.25, -0.2) is 0 Å². The first kappa shape index (κ1) is 16.2. The summed E-state index contributed by atoms with van der Waals surface area (Å²) in [6, 6.07) is 8.91. The van der Waals surface area contributed by atoms with Crippen LogP contribution in [0.3, 0.4) is 0 Å². The second-order valence-corrected chi connectivity index (χ2v) is 6.24. The smallest absolute Gasteiger partial charge is 0.303 e. The molecule has 2 rings (SSSR count). The largest absolute Gasteiger partial charge is 0.481 e. The van der Waals surface area contributed by atoms with Crippen molar-refractivity contribution in [3.63, 3.8) is 0 Å². The predicted molar refractivity (Wildman–Crippen MR) is 87.9 cm³/mol. The first-order valence-corrected chi connectivity index (χ1v) is 7.71. The molecule has 1 N–H and O–H groups in total. The van der Waals surface area contributed by atoms with Crippen molar-refractivity contribution >= 4 is 46.3 Å². The van der Waals surface area contributed by atoms with Gasteiger partial charge in [-0.2, -0.15) is 5.26 Å². The molecule has 22 heavy (non-hydrogen) atoms. The molecule has 1 aromatic rings. The zero-order valence-electron chi connectivity index (χ0n) is 11.5. The SMILES string of the molecule is N#Cc1ccc(/C=C2/SC(=S)N(CCCC(=O)O)C2=O)cc1. The molecule has 112 valence electrons. The Morgan fingerprint density at radius 1 is 1.41 bits per heavy atom. The van der Waals surface area contributed by atoms with Crippen LogP contribution in [0.15, 0.2) is 29.2 Å². The van der Waals surface area contributed by atoms with Gasteiger partial charge in [-0.1, -0.05) is 36.1 Å². The Labute approximate surface area is 137 Å². The van der Waals surface area contributed by atoms with E-state index in [0.717, 1.165) is 5.56 Å². The van der Waals surface area contributed by atoms with E-state index in [1.54, 1.807) is 30.3 Å². The van der Waals surface area contributed by atoms with Crippen molar-refractivity contribution in [1.82, 2.24) is 4.90 Å². The van der Waals surface area contributed by atoms with Crippen molar-refractivity contribution in [3.05, 3.63) is 40.3 Å². The van der Waals surface area contributed by atoms with Gasteiger partial charge in [-0.05, 0) is 30.2 Å². The van der Waals surface area contributed by atoms with Crippen LogP contribution in [0.4, 0.5) is 0 Å². The number of aliphatic carboxylic acids is 1.